The Morgan fingerprint density at radius 2 is 1.87 bits per heavy atom. The Bertz CT molecular complexity index is 474. The highest BCUT2D eigenvalue weighted by Gasteiger charge is 2.10. The molecule has 0 radical (unpaired) electrons. The molecule has 1 unspecified atom stereocenters. The van der Waals surface area contributed by atoms with Crippen LogP contribution in [0.3, 0.4) is 0 Å². The van der Waals surface area contributed by atoms with E-state index >= 15 is 0 Å². The Kier molecular flexibility index (Phi) is 2.74. The summed E-state index contributed by atoms with van der Waals surface area (Å²) in [4.78, 5) is 0. The van der Waals surface area contributed by atoms with Crippen molar-refractivity contribution >= 4 is 10.8 Å². The summed E-state index contributed by atoms with van der Waals surface area (Å²) in [6.07, 6.45) is 0.981. The molecule has 0 saturated heterocycles. The Morgan fingerprint density at radius 3 is 2.60 bits per heavy atom. The maximum atomic E-state index is 6.16. The third-order valence-corrected chi connectivity index (χ3v) is 3.00. The monoisotopic (exact) mass is 199 g/mol. The Labute approximate surface area is 90.9 Å². The van der Waals surface area contributed by atoms with Gasteiger partial charge in [0.25, 0.3) is 0 Å². The molecule has 2 aromatic rings. The van der Waals surface area contributed by atoms with E-state index in [1.165, 1.54) is 21.9 Å². The zero-order valence-corrected chi connectivity index (χ0v) is 9.33. The van der Waals surface area contributed by atoms with Gasteiger partial charge in [-0.3, -0.25) is 0 Å². The largest absolute Gasteiger partial charge is 0.324 e. The van der Waals surface area contributed by atoms with Crippen LogP contribution in [0.4, 0.5) is 0 Å². The van der Waals surface area contributed by atoms with Crippen LogP contribution in [0.25, 0.3) is 10.8 Å². The number of aryl methyl sites for hydroxylation is 1. The van der Waals surface area contributed by atoms with Crippen molar-refractivity contribution in [1.29, 1.82) is 0 Å². The summed E-state index contributed by atoms with van der Waals surface area (Å²) in [6, 6.07) is 12.9. The smallest absolute Gasteiger partial charge is 0.0301 e. The molecule has 1 nitrogen and oxygen atoms in total. The lowest BCUT2D eigenvalue weighted by Gasteiger charge is -2.15. The molecule has 0 heterocycles. The van der Waals surface area contributed by atoms with Crippen molar-refractivity contribution in [3.8, 4) is 0 Å². The van der Waals surface area contributed by atoms with Crippen LogP contribution < -0.4 is 5.73 Å². The summed E-state index contributed by atoms with van der Waals surface area (Å²) >= 11 is 0. The minimum Gasteiger partial charge on any atom is -0.324 e. The van der Waals surface area contributed by atoms with Gasteiger partial charge in [-0.15, -0.1) is 0 Å². The van der Waals surface area contributed by atoms with Crippen LogP contribution in [0, 0.1) is 6.92 Å². The number of benzene rings is 2. The van der Waals surface area contributed by atoms with Crippen LogP contribution >= 0.6 is 0 Å². The number of hydrogen-bond donors (Lipinski definition) is 1. The molecule has 0 aliphatic carbocycles. The average molecular weight is 199 g/mol. The van der Waals surface area contributed by atoms with Gasteiger partial charge in [-0.2, -0.15) is 0 Å². The topological polar surface area (TPSA) is 26.0 Å². The SMILES string of the molecule is CCC(N)c1c(C)ccc2ccccc12. The van der Waals surface area contributed by atoms with Gasteiger partial charge in [0, 0.05) is 6.04 Å². The van der Waals surface area contributed by atoms with E-state index in [-0.39, 0.29) is 6.04 Å². The second kappa shape index (κ2) is 4.03. The van der Waals surface area contributed by atoms with Crippen LogP contribution in [0.2, 0.25) is 0 Å². The van der Waals surface area contributed by atoms with Gasteiger partial charge in [0.05, 0.1) is 0 Å². The van der Waals surface area contributed by atoms with Crippen molar-refractivity contribution in [2.24, 2.45) is 5.73 Å². The second-order valence-electron chi connectivity index (χ2n) is 4.03. The summed E-state index contributed by atoms with van der Waals surface area (Å²) in [5.74, 6) is 0. The van der Waals surface area contributed by atoms with Crippen LogP contribution in [0.5, 0.6) is 0 Å². The first kappa shape index (κ1) is 10.2. The van der Waals surface area contributed by atoms with Gasteiger partial charge in [0.2, 0.25) is 0 Å². The van der Waals surface area contributed by atoms with E-state index in [9.17, 15) is 0 Å². The Balaban J connectivity index is 2.74. The van der Waals surface area contributed by atoms with Crippen molar-refractivity contribution in [2.75, 3.05) is 0 Å². The predicted octanol–water partition coefficient (Wildman–Crippen LogP) is 3.56. The number of nitrogens with two attached hydrogens (primary N) is 1. The lowest BCUT2D eigenvalue weighted by Crippen LogP contribution is -2.10. The standard InChI is InChI=1S/C14H17N/c1-3-13(15)14-10(2)8-9-11-6-4-5-7-12(11)14/h4-9,13H,3,15H2,1-2H3. The van der Waals surface area contributed by atoms with Gasteiger partial charge in [0.15, 0.2) is 0 Å². The zero-order valence-electron chi connectivity index (χ0n) is 9.33. The average Bonchev–Trinajstić information content (AvgIpc) is 2.28. The summed E-state index contributed by atoms with van der Waals surface area (Å²) in [5.41, 5.74) is 8.76. The minimum absolute atomic E-state index is 0.149. The fraction of sp³-hybridized carbons (Fsp3) is 0.286. The van der Waals surface area contributed by atoms with Crippen molar-refractivity contribution in [3.63, 3.8) is 0 Å². The van der Waals surface area contributed by atoms with Crippen LogP contribution in [0.1, 0.15) is 30.5 Å². The van der Waals surface area contributed by atoms with Crippen LogP contribution in [0.15, 0.2) is 36.4 Å². The summed E-state index contributed by atoms with van der Waals surface area (Å²) in [7, 11) is 0. The van der Waals surface area contributed by atoms with Gasteiger partial charge >= 0.3 is 0 Å². The van der Waals surface area contributed by atoms with Crippen molar-refractivity contribution in [3.05, 3.63) is 47.5 Å². The number of rotatable bonds is 2. The molecule has 0 amide bonds. The molecule has 0 bridgehead atoms. The fourth-order valence-corrected chi connectivity index (χ4v) is 2.10. The van der Waals surface area contributed by atoms with E-state index in [1.54, 1.807) is 0 Å². The predicted molar refractivity (Wildman–Crippen MR) is 65.9 cm³/mol. The molecule has 1 heteroatoms. The number of fused-ring (bicyclic) bond motifs is 1. The van der Waals surface area contributed by atoms with Gasteiger partial charge in [-0.05, 0) is 35.2 Å². The first-order chi connectivity index (χ1) is 7.24. The normalized spacial score (nSPS) is 13.0. The molecule has 2 aromatic carbocycles. The van der Waals surface area contributed by atoms with Crippen LogP contribution in [-0.4, -0.2) is 0 Å². The molecule has 0 aromatic heterocycles. The van der Waals surface area contributed by atoms with E-state index in [0.29, 0.717) is 0 Å². The molecular weight excluding hydrogens is 182 g/mol. The summed E-state index contributed by atoms with van der Waals surface area (Å²) in [6.45, 7) is 4.27. The highest BCUT2D eigenvalue weighted by molar-refractivity contribution is 5.87. The molecule has 15 heavy (non-hydrogen) atoms. The summed E-state index contributed by atoms with van der Waals surface area (Å²) in [5, 5.41) is 2.58. The van der Waals surface area contributed by atoms with Crippen molar-refractivity contribution in [2.45, 2.75) is 26.3 Å². The minimum atomic E-state index is 0.149. The van der Waals surface area contributed by atoms with Crippen molar-refractivity contribution < 1.29 is 0 Å². The first-order valence-corrected chi connectivity index (χ1v) is 5.48. The van der Waals surface area contributed by atoms with Gasteiger partial charge in [-0.1, -0.05) is 43.3 Å². The van der Waals surface area contributed by atoms with Gasteiger partial charge in [-0.25, -0.2) is 0 Å². The Hall–Kier alpha value is -1.34. The maximum Gasteiger partial charge on any atom is 0.0301 e. The Morgan fingerprint density at radius 1 is 1.13 bits per heavy atom. The number of hydrogen-bond acceptors (Lipinski definition) is 1. The van der Waals surface area contributed by atoms with Crippen LogP contribution in [-0.2, 0) is 0 Å². The zero-order chi connectivity index (χ0) is 10.8. The van der Waals surface area contributed by atoms with Gasteiger partial charge < -0.3 is 5.73 Å². The molecule has 78 valence electrons. The fourth-order valence-electron chi connectivity index (χ4n) is 2.10. The highest BCUT2D eigenvalue weighted by atomic mass is 14.6. The molecule has 0 spiro atoms. The van der Waals surface area contributed by atoms with E-state index in [4.69, 9.17) is 5.73 Å². The molecule has 0 aliphatic rings. The molecule has 0 saturated carbocycles. The third kappa shape index (κ3) is 1.75. The molecular formula is C14H17N. The second-order valence-corrected chi connectivity index (χ2v) is 4.03. The van der Waals surface area contributed by atoms with Gasteiger partial charge in [0.1, 0.15) is 0 Å². The lowest BCUT2D eigenvalue weighted by molar-refractivity contribution is 0.700. The van der Waals surface area contributed by atoms with E-state index in [0.717, 1.165) is 6.42 Å². The van der Waals surface area contributed by atoms with E-state index < -0.39 is 0 Å². The molecule has 0 fully saturated rings. The first-order valence-electron chi connectivity index (χ1n) is 5.48. The molecule has 0 aliphatic heterocycles. The van der Waals surface area contributed by atoms with E-state index in [2.05, 4.69) is 50.2 Å². The summed E-state index contributed by atoms with van der Waals surface area (Å²) < 4.78 is 0. The molecule has 2 N–H and O–H groups in total. The molecule has 1 atom stereocenters. The highest BCUT2D eigenvalue weighted by Crippen LogP contribution is 2.27. The van der Waals surface area contributed by atoms with E-state index in [1.807, 2.05) is 0 Å². The molecule has 2 rings (SSSR count). The van der Waals surface area contributed by atoms with Crippen molar-refractivity contribution in [1.82, 2.24) is 0 Å². The quantitative estimate of drug-likeness (QED) is 0.786. The maximum absolute atomic E-state index is 6.16. The lowest BCUT2D eigenvalue weighted by atomic mass is 9.93. The third-order valence-electron chi connectivity index (χ3n) is 3.00.